The Labute approximate surface area is 204 Å². The summed E-state index contributed by atoms with van der Waals surface area (Å²) >= 11 is 1.51. The number of hydrogen-bond acceptors (Lipinski definition) is 7. The fourth-order valence-corrected chi connectivity index (χ4v) is 5.97. The third-order valence-electron chi connectivity index (χ3n) is 5.36. The molecule has 0 unspecified atom stereocenters. The first-order chi connectivity index (χ1) is 16.4. The summed E-state index contributed by atoms with van der Waals surface area (Å²) in [5, 5.41) is 13.7. The molecular formula is C24H27N5O3S2. The Morgan fingerprint density at radius 2 is 1.76 bits per heavy atom. The van der Waals surface area contributed by atoms with Crippen LogP contribution in [0.4, 0.5) is 0 Å². The molecule has 0 radical (unpaired) electrons. The SMILES string of the molecule is CCN(CC)S(=O)(=O)c1cccc(-c2nnc(SCc3cc(C)on3)n2Cc2ccccc2)c1. The van der Waals surface area contributed by atoms with Gasteiger partial charge in [0, 0.05) is 30.5 Å². The molecule has 34 heavy (non-hydrogen) atoms. The van der Waals surface area contributed by atoms with Gasteiger partial charge in [-0.1, -0.05) is 73.2 Å². The van der Waals surface area contributed by atoms with Crippen molar-refractivity contribution in [2.45, 2.75) is 43.1 Å². The summed E-state index contributed by atoms with van der Waals surface area (Å²) in [4.78, 5) is 0.246. The fourth-order valence-electron chi connectivity index (χ4n) is 3.65. The molecule has 0 atom stereocenters. The first-order valence-corrected chi connectivity index (χ1v) is 13.5. The van der Waals surface area contributed by atoms with Crippen LogP contribution in [0.25, 0.3) is 11.4 Å². The Balaban J connectivity index is 1.72. The molecule has 0 aliphatic heterocycles. The first-order valence-electron chi connectivity index (χ1n) is 11.0. The number of aryl methyl sites for hydroxylation is 1. The summed E-state index contributed by atoms with van der Waals surface area (Å²) < 4.78 is 34.8. The fraction of sp³-hybridized carbons (Fsp3) is 0.292. The number of hydrogen-bond donors (Lipinski definition) is 0. The van der Waals surface area contributed by atoms with Crippen LogP contribution in [-0.2, 0) is 22.3 Å². The molecule has 4 aromatic rings. The second kappa shape index (κ2) is 10.5. The highest BCUT2D eigenvalue weighted by atomic mass is 32.2. The molecular weight excluding hydrogens is 470 g/mol. The summed E-state index contributed by atoms with van der Waals surface area (Å²) in [6, 6.07) is 18.8. The molecule has 0 bridgehead atoms. The minimum absolute atomic E-state index is 0.246. The van der Waals surface area contributed by atoms with Crippen LogP contribution in [-0.4, -0.2) is 45.7 Å². The van der Waals surface area contributed by atoms with Gasteiger partial charge in [0.2, 0.25) is 10.0 Å². The van der Waals surface area contributed by atoms with Crippen molar-refractivity contribution >= 4 is 21.8 Å². The van der Waals surface area contributed by atoms with E-state index < -0.39 is 10.0 Å². The van der Waals surface area contributed by atoms with E-state index in [1.807, 2.05) is 67.8 Å². The predicted octanol–water partition coefficient (Wildman–Crippen LogP) is 4.61. The van der Waals surface area contributed by atoms with Gasteiger partial charge in [-0.3, -0.25) is 4.57 Å². The smallest absolute Gasteiger partial charge is 0.243 e. The molecule has 2 aromatic heterocycles. The molecule has 4 rings (SSSR count). The van der Waals surface area contributed by atoms with Gasteiger partial charge in [-0.05, 0) is 24.6 Å². The maximum Gasteiger partial charge on any atom is 0.243 e. The average molecular weight is 498 g/mol. The van der Waals surface area contributed by atoms with E-state index in [9.17, 15) is 8.42 Å². The van der Waals surface area contributed by atoms with Gasteiger partial charge in [-0.25, -0.2) is 8.42 Å². The third kappa shape index (κ3) is 5.24. The zero-order valence-corrected chi connectivity index (χ0v) is 21.0. The Hall–Kier alpha value is -2.95. The van der Waals surface area contributed by atoms with E-state index in [1.54, 1.807) is 18.2 Å². The molecule has 2 heterocycles. The van der Waals surface area contributed by atoms with Crippen molar-refractivity contribution in [3.05, 3.63) is 77.7 Å². The monoisotopic (exact) mass is 497 g/mol. The third-order valence-corrected chi connectivity index (χ3v) is 8.41. The average Bonchev–Trinajstić information content (AvgIpc) is 3.44. The van der Waals surface area contributed by atoms with Crippen LogP contribution in [0.1, 0.15) is 30.9 Å². The van der Waals surface area contributed by atoms with E-state index in [1.165, 1.54) is 16.1 Å². The quantitative estimate of drug-likeness (QED) is 0.295. The molecule has 0 saturated heterocycles. The molecule has 8 nitrogen and oxygen atoms in total. The molecule has 0 fully saturated rings. The molecule has 0 spiro atoms. The minimum Gasteiger partial charge on any atom is -0.361 e. The van der Waals surface area contributed by atoms with Crippen LogP contribution in [0.2, 0.25) is 0 Å². The van der Waals surface area contributed by atoms with E-state index in [0.717, 1.165) is 22.2 Å². The van der Waals surface area contributed by atoms with Crippen LogP contribution in [0.5, 0.6) is 0 Å². The highest BCUT2D eigenvalue weighted by Crippen LogP contribution is 2.29. The molecule has 10 heteroatoms. The molecule has 0 amide bonds. The Morgan fingerprint density at radius 1 is 1.00 bits per heavy atom. The van der Waals surface area contributed by atoms with Crippen LogP contribution in [0, 0.1) is 6.92 Å². The van der Waals surface area contributed by atoms with Crippen molar-refractivity contribution in [1.29, 1.82) is 0 Å². The molecule has 0 saturated carbocycles. The number of aromatic nitrogens is 4. The molecule has 0 aliphatic carbocycles. The number of rotatable bonds is 10. The second-order valence-corrected chi connectivity index (χ2v) is 10.6. The number of sulfonamides is 1. The zero-order valence-electron chi connectivity index (χ0n) is 19.4. The van der Waals surface area contributed by atoms with Gasteiger partial charge >= 0.3 is 0 Å². The topological polar surface area (TPSA) is 94.1 Å². The Kier molecular flexibility index (Phi) is 7.50. The summed E-state index contributed by atoms with van der Waals surface area (Å²) in [5.41, 5.74) is 2.61. The lowest BCUT2D eigenvalue weighted by Crippen LogP contribution is -2.30. The molecule has 178 valence electrons. The lowest BCUT2D eigenvalue weighted by molar-refractivity contribution is 0.393. The van der Waals surface area contributed by atoms with Gasteiger partial charge in [-0.2, -0.15) is 4.31 Å². The van der Waals surface area contributed by atoms with Crippen molar-refractivity contribution in [3.8, 4) is 11.4 Å². The van der Waals surface area contributed by atoms with Crippen LogP contribution in [0.15, 0.2) is 75.2 Å². The maximum atomic E-state index is 13.1. The Bertz CT molecular complexity index is 1350. The normalized spacial score (nSPS) is 11.9. The van der Waals surface area contributed by atoms with E-state index in [4.69, 9.17) is 4.52 Å². The number of benzene rings is 2. The van der Waals surface area contributed by atoms with Gasteiger partial charge in [0.1, 0.15) is 5.76 Å². The predicted molar refractivity (Wildman–Crippen MR) is 132 cm³/mol. The van der Waals surface area contributed by atoms with Gasteiger partial charge in [0.15, 0.2) is 11.0 Å². The number of nitrogens with zero attached hydrogens (tertiary/aromatic N) is 5. The first kappa shape index (κ1) is 24.2. The molecule has 0 N–H and O–H groups in total. The van der Waals surface area contributed by atoms with Gasteiger partial charge in [-0.15, -0.1) is 10.2 Å². The lowest BCUT2D eigenvalue weighted by Gasteiger charge is -2.19. The van der Waals surface area contributed by atoms with Crippen LogP contribution in [0.3, 0.4) is 0 Å². The summed E-state index contributed by atoms with van der Waals surface area (Å²) in [6.45, 7) is 6.90. The second-order valence-electron chi connectivity index (χ2n) is 7.71. The van der Waals surface area contributed by atoms with Crippen molar-refractivity contribution in [1.82, 2.24) is 24.2 Å². The highest BCUT2D eigenvalue weighted by Gasteiger charge is 2.23. The zero-order chi connectivity index (χ0) is 24.1. The summed E-state index contributed by atoms with van der Waals surface area (Å²) in [5.74, 6) is 1.95. The largest absolute Gasteiger partial charge is 0.361 e. The van der Waals surface area contributed by atoms with Crippen molar-refractivity contribution in [2.75, 3.05) is 13.1 Å². The highest BCUT2D eigenvalue weighted by molar-refractivity contribution is 7.98. The van der Waals surface area contributed by atoms with E-state index >= 15 is 0 Å². The minimum atomic E-state index is -3.59. The lowest BCUT2D eigenvalue weighted by atomic mass is 10.2. The Morgan fingerprint density at radius 3 is 2.44 bits per heavy atom. The number of thioether (sulfide) groups is 1. The maximum absolute atomic E-state index is 13.1. The van der Waals surface area contributed by atoms with Crippen molar-refractivity contribution in [3.63, 3.8) is 0 Å². The standard InChI is InChI=1S/C24H27N5O3S2/c1-4-28(5-2)34(30,31)22-13-9-12-20(15-22)23-25-26-24(33-17-21-14-18(3)32-27-21)29(23)16-19-10-7-6-8-11-19/h6-15H,4-5,16-17H2,1-3H3. The van der Waals surface area contributed by atoms with Crippen LogP contribution < -0.4 is 0 Å². The van der Waals surface area contributed by atoms with E-state index in [-0.39, 0.29) is 4.90 Å². The van der Waals surface area contributed by atoms with Crippen LogP contribution >= 0.6 is 11.8 Å². The molecule has 0 aliphatic rings. The van der Waals surface area contributed by atoms with Gasteiger partial charge in [0.25, 0.3) is 0 Å². The van der Waals surface area contributed by atoms with Crippen molar-refractivity contribution < 1.29 is 12.9 Å². The molecule has 2 aromatic carbocycles. The van der Waals surface area contributed by atoms with E-state index in [2.05, 4.69) is 15.4 Å². The van der Waals surface area contributed by atoms with Gasteiger partial charge < -0.3 is 4.52 Å². The van der Waals surface area contributed by atoms with Crippen molar-refractivity contribution in [2.24, 2.45) is 0 Å². The van der Waals surface area contributed by atoms with Gasteiger partial charge in [0.05, 0.1) is 17.1 Å². The summed E-state index contributed by atoms with van der Waals surface area (Å²) in [6.07, 6.45) is 0. The van der Waals surface area contributed by atoms with E-state index in [0.29, 0.717) is 36.8 Å². The summed E-state index contributed by atoms with van der Waals surface area (Å²) in [7, 11) is -3.59.